The van der Waals surface area contributed by atoms with Gasteiger partial charge in [-0.05, 0) is 29.7 Å². The first-order valence-corrected chi connectivity index (χ1v) is 8.41. The molecule has 7 heteroatoms. The Morgan fingerprint density at radius 3 is 2.65 bits per heavy atom. The molecule has 1 fully saturated rings. The van der Waals surface area contributed by atoms with Crippen LogP contribution in [0.15, 0.2) is 54.6 Å². The molecule has 0 spiro atoms. The molecule has 1 saturated heterocycles. The quantitative estimate of drug-likeness (QED) is 0.606. The van der Waals surface area contributed by atoms with Gasteiger partial charge >= 0.3 is 0 Å². The SMILES string of the molecule is COCc1cccc(C(=O)NNC(=O)C2CC(c3ccccc3)NN2)c1. The van der Waals surface area contributed by atoms with Gasteiger partial charge in [-0.1, -0.05) is 42.5 Å². The third kappa shape index (κ3) is 4.45. The Kier molecular flexibility index (Phi) is 5.96. The molecular weight excluding hydrogens is 332 g/mol. The van der Waals surface area contributed by atoms with Crippen molar-refractivity contribution in [2.24, 2.45) is 0 Å². The van der Waals surface area contributed by atoms with Crippen molar-refractivity contribution < 1.29 is 14.3 Å². The van der Waals surface area contributed by atoms with Gasteiger partial charge in [-0.25, -0.2) is 10.9 Å². The number of rotatable bonds is 5. The minimum absolute atomic E-state index is 0.0494. The Balaban J connectivity index is 1.51. The first-order valence-electron chi connectivity index (χ1n) is 8.41. The maximum atomic E-state index is 12.3. The molecule has 0 aromatic heterocycles. The maximum Gasteiger partial charge on any atom is 0.269 e. The molecule has 26 heavy (non-hydrogen) atoms. The summed E-state index contributed by atoms with van der Waals surface area (Å²) in [7, 11) is 1.60. The van der Waals surface area contributed by atoms with Crippen LogP contribution in [0.4, 0.5) is 0 Å². The highest BCUT2D eigenvalue weighted by molar-refractivity contribution is 5.96. The number of benzene rings is 2. The molecule has 0 bridgehead atoms. The van der Waals surface area contributed by atoms with Crippen LogP contribution in [0.5, 0.6) is 0 Å². The van der Waals surface area contributed by atoms with Crippen molar-refractivity contribution >= 4 is 11.8 Å². The smallest absolute Gasteiger partial charge is 0.269 e. The van der Waals surface area contributed by atoms with Crippen molar-refractivity contribution in [3.63, 3.8) is 0 Å². The number of carbonyl (C=O) groups is 2. The standard InChI is InChI=1S/C19H22N4O3/c1-26-12-13-6-5-9-15(10-13)18(24)22-23-19(25)17-11-16(20-21-17)14-7-3-2-4-8-14/h2-10,16-17,20-21H,11-12H2,1H3,(H,22,24)(H,23,25). The van der Waals surface area contributed by atoms with E-state index in [1.165, 1.54) is 0 Å². The second kappa shape index (κ2) is 8.57. The Bertz CT molecular complexity index is 766. The van der Waals surface area contributed by atoms with Crippen molar-refractivity contribution in [2.45, 2.75) is 25.1 Å². The van der Waals surface area contributed by atoms with Gasteiger partial charge in [0.15, 0.2) is 0 Å². The molecule has 2 atom stereocenters. The van der Waals surface area contributed by atoms with Crippen LogP contribution in [-0.4, -0.2) is 25.0 Å². The van der Waals surface area contributed by atoms with Crippen LogP contribution in [0.2, 0.25) is 0 Å². The lowest BCUT2D eigenvalue weighted by atomic mass is 10.0. The van der Waals surface area contributed by atoms with E-state index in [9.17, 15) is 9.59 Å². The molecule has 136 valence electrons. The second-order valence-electron chi connectivity index (χ2n) is 6.12. The van der Waals surface area contributed by atoms with Gasteiger partial charge in [0.1, 0.15) is 6.04 Å². The summed E-state index contributed by atoms with van der Waals surface area (Å²) in [6.45, 7) is 0.423. The molecule has 3 rings (SSSR count). The number of hydrazine groups is 2. The molecule has 0 saturated carbocycles. The number of hydrogen-bond acceptors (Lipinski definition) is 5. The number of nitrogens with one attached hydrogen (secondary N) is 4. The Morgan fingerprint density at radius 2 is 1.88 bits per heavy atom. The Hall–Kier alpha value is -2.74. The Labute approximate surface area is 152 Å². The third-order valence-corrected chi connectivity index (χ3v) is 4.22. The van der Waals surface area contributed by atoms with Crippen molar-refractivity contribution in [3.05, 3.63) is 71.3 Å². The lowest BCUT2D eigenvalue weighted by molar-refractivity contribution is -0.123. The molecule has 0 aliphatic carbocycles. The zero-order valence-electron chi connectivity index (χ0n) is 14.5. The van der Waals surface area contributed by atoms with E-state index in [4.69, 9.17) is 4.74 Å². The van der Waals surface area contributed by atoms with Crippen LogP contribution in [0.25, 0.3) is 0 Å². The van der Waals surface area contributed by atoms with E-state index in [1.807, 2.05) is 36.4 Å². The monoisotopic (exact) mass is 354 g/mol. The predicted octanol–water partition coefficient (Wildman–Crippen LogP) is 1.20. The second-order valence-corrected chi connectivity index (χ2v) is 6.12. The molecule has 7 nitrogen and oxygen atoms in total. The molecular formula is C19H22N4O3. The van der Waals surface area contributed by atoms with Gasteiger partial charge in [0, 0.05) is 18.7 Å². The van der Waals surface area contributed by atoms with Crippen molar-refractivity contribution in [2.75, 3.05) is 7.11 Å². The predicted molar refractivity (Wildman–Crippen MR) is 96.6 cm³/mol. The fourth-order valence-electron chi connectivity index (χ4n) is 2.88. The maximum absolute atomic E-state index is 12.3. The zero-order valence-corrected chi connectivity index (χ0v) is 14.5. The largest absolute Gasteiger partial charge is 0.380 e. The fraction of sp³-hybridized carbons (Fsp3) is 0.263. The molecule has 1 heterocycles. The zero-order chi connectivity index (χ0) is 18.4. The summed E-state index contributed by atoms with van der Waals surface area (Å²) in [4.78, 5) is 24.5. The first kappa shape index (κ1) is 18.1. The van der Waals surface area contributed by atoms with Gasteiger partial charge in [0.05, 0.1) is 6.61 Å². The van der Waals surface area contributed by atoms with Crippen LogP contribution in [0.1, 0.15) is 33.9 Å². The van der Waals surface area contributed by atoms with Crippen LogP contribution in [-0.2, 0) is 16.1 Å². The third-order valence-electron chi connectivity index (χ3n) is 4.22. The molecule has 2 aromatic carbocycles. The molecule has 0 radical (unpaired) electrons. The minimum atomic E-state index is -0.430. The van der Waals surface area contributed by atoms with Crippen LogP contribution >= 0.6 is 0 Å². The topological polar surface area (TPSA) is 91.5 Å². The molecule has 1 aliphatic heterocycles. The van der Waals surface area contributed by atoms with Crippen molar-refractivity contribution in [1.82, 2.24) is 21.7 Å². The summed E-state index contributed by atoms with van der Waals surface area (Å²) in [6, 6.07) is 16.6. The highest BCUT2D eigenvalue weighted by Crippen LogP contribution is 2.21. The van der Waals surface area contributed by atoms with E-state index in [-0.39, 0.29) is 17.9 Å². The van der Waals surface area contributed by atoms with Crippen LogP contribution in [0, 0.1) is 0 Å². The van der Waals surface area contributed by atoms with E-state index in [2.05, 4.69) is 21.7 Å². The summed E-state index contributed by atoms with van der Waals surface area (Å²) >= 11 is 0. The molecule has 1 aliphatic rings. The number of methoxy groups -OCH3 is 1. The van der Waals surface area contributed by atoms with E-state index in [1.54, 1.807) is 25.3 Å². The minimum Gasteiger partial charge on any atom is -0.380 e. The molecule has 2 unspecified atom stereocenters. The van der Waals surface area contributed by atoms with Gasteiger partial charge in [-0.2, -0.15) is 0 Å². The van der Waals surface area contributed by atoms with E-state index >= 15 is 0 Å². The summed E-state index contributed by atoms with van der Waals surface area (Å²) in [6.07, 6.45) is 0.592. The fourth-order valence-corrected chi connectivity index (χ4v) is 2.88. The molecule has 4 N–H and O–H groups in total. The lowest BCUT2D eigenvalue weighted by Gasteiger charge is -2.12. The summed E-state index contributed by atoms with van der Waals surface area (Å²) < 4.78 is 5.06. The first-order chi connectivity index (χ1) is 12.7. The van der Waals surface area contributed by atoms with E-state index < -0.39 is 6.04 Å². The summed E-state index contributed by atoms with van der Waals surface area (Å²) in [5.74, 6) is -0.667. The van der Waals surface area contributed by atoms with Crippen molar-refractivity contribution in [1.29, 1.82) is 0 Å². The lowest BCUT2D eigenvalue weighted by Crippen LogP contribution is -2.50. The molecule has 2 aromatic rings. The average Bonchev–Trinajstić information content (AvgIpc) is 3.17. The number of hydrogen-bond donors (Lipinski definition) is 4. The van der Waals surface area contributed by atoms with Gasteiger partial charge in [0.2, 0.25) is 0 Å². The average molecular weight is 354 g/mol. The van der Waals surface area contributed by atoms with E-state index in [0.717, 1.165) is 11.1 Å². The highest BCUT2D eigenvalue weighted by atomic mass is 16.5. The van der Waals surface area contributed by atoms with Gasteiger partial charge in [-0.3, -0.25) is 20.4 Å². The van der Waals surface area contributed by atoms with E-state index in [0.29, 0.717) is 18.6 Å². The normalized spacial score (nSPS) is 19.1. The number of amides is 2. The molecule has 2 amide bonds. The van der Waals surface area contributed by atoms with Crippen LogP contribution < -0.4 is 21.7 Å². The number of carbonyl (C=O) groups excluding carboxylic acids is 2. The van der Waals surface area contributed by atoms with Gasteiger partial charge < -0.3 is 4.74 Å². The summed E-state index contributed by atoms with van der Waals surface area (Å²) in [5.41, 5.74) is 13.4. The van der Waals surface area contributed by atoms with Crippen LogP contribution in [0.3, 0.4) is 0 Å². The Morgan fingerprint density at radius 1 is 1.08 bits per heavy atom. The number of ether oxygens (including phenoxy) is 1. The van der Waals surface area contributed by atoms with Gasteiger partial charge in [-0.15, -0.1) is 0 Å². The highest BCUT2D eigenvalue weighted by Gasteiger charge is 2.30. The summed E-state index contributed by atoms with van der Waals surface area (Å²) in [5, 5.41) is 0. The van der Waals surface area contributed by atoms with Gasteiger partial charge in [0.25, 0.3) is 11.8 Å². The van der Waals surface area contributed by atoms with Crippen molar-refractivity contribution in [3.8, 4) is 0 Å².